The van der Waals surface area contributed by atoms with Crippen LogP contribution in [0.25, 0.3) is 0 Å². The molecule has 1 aliphatic heterocycles. The van der Waals surface area contributed by atoms with Crippen LogP contribution in [0, 0.1) is 0 Å². The molecule has 1 amide bonds. The SMILES string of the molecule is CC(NC(=O)C1=COCCO1)c1ccc(S(N)(=O)=O)cc1. The lowest BCUT2D eigenvalue weighted by atomic mass is 10.1. The van der Waals surface area contributed by atoms with Gasteiger partial charge in [-0.25, -0.2) is 13.6 Å². The Labute approximate surface area is 122 Å². The number of carbonyl (C=O) groups excluding carboxylic acids is 1. The van der Waals surface area contributed by atoms with Crippen molar-refractivity contribution >= 4 is 15.9 Å². The molecule has 0 saturated carbocycles. The molecular weight excluding hydrogens is 296 g/mol. The third kappa shape index (κ3) is 3.96. The molecule has 2 rings (SSSR count). The van der Waals surface area contributed by atoms with Gasteiger partial charge in [-0.3, -0.25) is 4.79 Å². The lowest BCUT2D eigenvalue weighted by Crippen LogP contribution is -2.30. The highest BCUT2D eigenvalue weighted by molar-refractivity contribution is 7.89. The number of primary sulfonamides is 1. The maximum Gasteiger partial charge on any atom is 0.290 e. The second-order valence-corrected chi connectivity index (χ2v) is 6.07. The maximum absolute atomic E-state index is 11.9. The molecule has 1 aromatic carbocycles. The number of rotatable bonds is 4. The first-order valence-electron chi connectivity index (χ1n) is 6.26. The summed E-state index contributed by atoms with van der Waals surface area (Å²) in [6, 6.07) is 5.66. The number of hydrogen-bond acceptors (Lipinski definition) is 5. The zero-order valence-electron chi connectivity index (χ0n) is 11.4. The fourth-order valence-corrected chi connectivity index (χ4v) is 2.30. The summed E-state index contributed by atoms with van der Waals surface area (Å²) < 4.78 is 32.5. The molecule has 1 atom stereocenters. The van der Waals surface area contributed by atoms with Crippen molar-refractivity contribution in [2.45, 2.75) is 17.9 Å². The largest absolute Gasteiger partial charge is 0.494 e. The molecule has 114 valence electrons. The van der Waals surface area contributed by atoms with E-state index in [2.05, 4.69) is 5.32 Å². The Morgan fingerprint density at radius 1 is 1.29 bits per heavy atom. The van der Waals surface area contributed by atoms with Crippen LogP contribution in [-0.4, -0.2) is 27.5 Å². The minimum Gasteiger partial charge on any atom is -0.494 e. The molecule has 0 fully saturated rings. The smallest absolute Gasteiger partial charge is 0.290 e. The first kappa shape index (κ1) is 15.3. The highest BCUT2D eigenvalue weighted by atomic mass is 32.2. The van der Waals surface area contributed by atoms with E-state index < -0.39 is 15.9 Å². The van der Waals surface area contributed by atoms with Gasteiger partial charge in [0.05, 0.1) is 10.9 Å². The van der Waals surface area contributed by atoms with Gasteiger partial charge in [0.25, 0.3) is 5.91 Å². The average Bonchev–Trinajstić information content (AvgIpc) is 2.47. The summed E-state index contributed by atoms with van der Waals surface area (Å²) >= 11 is 0. The van der Waals surface area contributed by atoms with Crippen molar-refractivity contribution in [3.63, 3.8) is 0 Å². The van der Waals surface area contributed by atoms with E-state index in [0.717, 1.165) is 5.56 Å². The first-order valence-corrected chi connectivity index (χ1v) is 7.81. The van der Waals surface area contributed by atoms with E-state index in [4.69, 9.17) is 14.6 Å². The summed E-state index contributed by atoms with van der Waals surface area (Å²) in [5.41, 5.74) is 0.744. The van der Waals surface area contributed by atoms with Crippen LogP contribution in [0.5, 0.6) is 0 Å². The van der Waals surface area contributed by atoms with Gasteiger partial charge in [0, 0.05) is 0 Å². The second kappa shape index (κ2) is 6.15. The first-order chi connectivity index (χ1) is 9.88. The zero-order chi connectivity index (χ0) is 15.5. The number of benzene rings is 1. The van der Waals surface area contributed by atoms with E-state index in [1.807, 2.05) is 0 Å². The third-order valence-corrected chi connectivity index (χ3v) is 3.86. The fourth-order valence-electron chi connectivity index (χ4n) is 1.78. The van der Waals surface area contributed by atoms with Gasteiger partial charge in [-0.15, -0.1) is 0 Å². The van der Waals surface area contributed by atoms with Crippen molar-refractivity contribution in [3.8, 4) is 0 Å². The third-order valence-electron chi connectivity index (χ3n) is 2.93. The Hall–Kier alpha value is -2.06. The molecule has 1 aromatic rings. The van der Waals surface area contributed by atoms with E-state index in [-0.39, 0.29) is 16.7 Å². The molecule has 0 bridgehead atoms. The van der Waals surface area contributed by atoms with Gasteiger partial charge in [-0.2, -0.15) is 0 Å². The molecule has 0 spiro atoms. The monoisotopic (exact) mass is 312 g/mol. The molecule has 0 aliphatic carbocycles. The molecule has 0 saturated heterocycles. The van der Waals surface area contributed by atoms with Crippen LogP contribution in [-0.2, 0) is 24.3 Å². The van der Waals surface area contributed by atoms with Crippen LogP contribution in [0.1, 0.15) is 18.5 Å². The number of nitrogens with two attached hydrogens (primary N) is 1. The summed E-state index contributed by atoms with van der Waals surface area (Å²) in [4.78, 5) is 11.9. The molecule has 3 N–H and O–H groups in total. The molecule has 7 nitrogen and oxygen atoms in total. The number of hydrogen-bond donors (Lipinski definition) is 2. The lowest BCUT2D eigenvalue weighted by Gasteiger charge is -2.18. The predicted octanol–water partition coefficient (Wildman–Crippen LogP) is 0.399. The Morgan fingerprint density at radius 2 is 1.95 bits per heavy atom. The molecule has 21 heavy (non-hydrogen) atoms. The Balaban J connectivity index is 2.04. The molecule has 0 aromatic heterocycles. The standard InChI is InChI=1S/C13H16N2O5S/c1-9(15-13(16)12-8-19-6-7-20-12)10-2-4-11(5-3-10)21(14,17)18/h2-5,8-9H,6-7H2,1H3,(H,15,16)(H2,14,17,18). The summed E-state index contributed by atoms with van der Waals surface area (Å²) in [5, 5.41) is 7.76. The lowest BCUT2D eigenvalue weighted by molar-refractivity contribution is -0.122. The molecule has 1 aliphatic rings. The minimum absolute atomic E-state index is 0.0245. The zero-order valence-corrected chi connectivity index (χ0v) is 12.2. The van der Waals surface area contributed by atoms with Gasteiger partial charge in [-0.1, -0.05) is 12.1 Å². The Bertz CT molecular complexity index is 652. The topological polar surface area (TPSA) is 108 Å². The van der Waals surface area contributed by atoms with E-state index in [1.165, 1.54) is 18.4 Å². The number of ether oxygens (including phenoxy) is 2. The Kier molecular flexibility index (Phi) is 4.49. The number of sulfonamides is 1. The molecule has 8 heteroatoms. The van der Waals surface area contributed by atoms with Crippen LogP contribution < -0.4 is 10.5 Å². The van der Waals surface area contributed by atoms with Crippen LogP contribution in [0.2, 0.25) is 0 Å². The van der Waals surface area contributed by atoms with E-state index in [0.29, 0.717) is 13.2 Å². The van der Waals surface area contributed by atoms with Crippen molar-refractivity contribution in [2.24, 2.45) is 5.14 Å². The van der Waals surface area contributed by atoms with Crippen molar-refractivity contribution < 1.29 is 22.7 Å². The van der Waals surface area contributed by atoms with E-state index >= 15 is 0 Å². The van der Waals surface area contributed by atoms with Crippen LogP contribution in [0.3, 0.4) is 0 Å². The van der Waals surface area contributed by atoms with Crippen LogP contribution in [0.4, 0.5) is 0 Å². The normalized spacial score (nSPS) is 16.2. The summed E-state index contributed by atoms with van der Waals surface area (Å²) in [6.45, 7) is 2.52. The van der Waals surface area contributed by atoms with Gasteiger partial charge in [0.15, 0.2) is 0 Å². The second-order valence-electron chi connectivity index (χ2n) is 4.51. The van der Waals surface area contributed by atoms with Crippen molar-refractivity contribution in [3.05, 3.63) is 41.9 Å². The quantitative estimate of drug-likeness (QED) is 0.836. The predicted molar refractivity (Wildman–Crippen MR) is 74.4 cm³/mol. The average molecular weight is 312 g/mol. The highest BCUT2D eigenvalue weighted by Crippen LogP contribution is 2.16. The van der Waals surface area contributed by atoms with E-state index in [9.17, 15) is 13.2 Å². The highest BCUT2D eigenvalue weighted by Gasteiger charge is 2.18. The molecular formula is C13H16N2O5S. The number of carbonyl (C=O) groups is 1. The number of amides is 1. The van der Waals surface area contributed by atoms with Gasteiger partial charge in [-0.05, 0) is 24.6 Å². The van der Waals surface area contributed by atoms with Gasteiger partial charge < -0.3 is 14.8 Å². The van der Waals surface area contributed by atoms with Crippen molar-refractivity contribution in [1.29, 1.82) is 0 Å². The summed E-state index contributed by atoms with van der Waals surface area (Å²) in [7, 11) is -3.72. The van der Waals surface area contributed by atoms with Crippen LogP contribution in [0.15, 0.2) is 41.2 Å². The van der Waals surface area contributed by atoms with Crippen molar-refractivity contribution in [2.75, 3.05) is 13.2 Å². The molecule has 0 radical (unpaired) electrons. The summed E-state index contributed by atoms with van der Waals surface area (Å²) in [5.74, 6) is -0.271. The molecule has 1 heterocycles. The summed E-state index contributed by atoms with van der Waals surface area (Å²) in [6.07, 6.45) is 1.27. The maximum atomic E-state index is 11.9. The van der Waals surface area contributed by atoms with Crippen molar-refractivity contribution in [1.82, 2.24) is 5.32 Å². The fraction of sp³-hybridized carbons (Fsp3) is 0.308. The van der Waals surface area contributed by atoms with E-state index in [1.54, 1.807) is 19.1 Å². The number of nitrogens with one attached hydrogen (secondary N) is 1. The van der Waals surface area contributed by atoms with Crippen LogP contribution >= 0.6 is 0 Å². The Morgan fingerprint density at radius 3 is 2.48 bits per heavy atom. The van der Waals surface area contributed by atoms with Gasteiger partial charge in [0.1, 0.15) is 19.5 Å². The molecule has 1 unspecified atom stereocenters. The van der Waals surface area contributed by atoms with Gasteiger partial charge >= 0.3 is 0 Å². The van der Waals surface area contributed by atoms with Gasteiger partial charge in [0.2, 0.25) is 15.8 Å². The minimum atomic E-state index is -3.72.